The Morgan fingerprint density at radius 1 is 1.03 bits per heavy atom. The first-order chi connectivity index (χ1) is 14.8. The topological polar surface area (TPSA) is 56.7 Å². The molecule has 3 aromatic heterocycles. The minimum absolute atomic E-state index is 0.204. The molecular weight excluding hydrogens is 425 g/mol. The molecule has 0 bridgehead atoms. The number of aromatic nitrogens is 4. The number of benzene rings is 1. The fourth-order valence-electron chi connectivity index (χ4n) is 3.16. The van der Waals surface area contributed by atoms with Crippen molar-refractivity contribution in [1.29, 1.82) is 0 Å². The summed E-state index contributed by atoms with van der Waals surface area (Å²) in [4.78, 5) is 4.35. The molecule has 0 saturated heterocycles. The van der Waals surface area contributed by atoms with Crippen LogP contribution in [0.5, 0.6) is 0 Å². The van der Waals surface area contributed by atoms with Crippen LogP contribution in [0.15, 0.2) is 64.3 Å². The lowest BCUT2D eigenvalue weighted by Crippen LogP contribution is -2.08. The molecule has 0 aliphatic rings. The molecule has 0 saturated carbocycles. The van der Waals surface area contributed by atoms with E-state index in [1.54, 1.807) is 12.3 Å². The Balaban J connectivity index is 1.63. The summed E-state index contributed by atoms with van der Waals surface area (Å²) in [7, 11) is 0. The maximum atomic E-state index is 13.2. The summed E-state index contributed by atoms with van der Waals surface area (Å²) < 4.78 is 47.3. The van der Waals surface area contributed by atoms with Gasteiger partial charge in [0.2, 0.25) is 0 Å². The fourth-order valence-corrected chi connectivity index (χ4v) is 4.04. The van der Waals surface area contributed by atoms with Crippen molar-refractivity contribution >= 4 is 11.8 Å². The van der Waals surface area contributed by atoms with E-state index in [0.717, 1.165) is 11.5 Å². The molecule has 31 heavy (non-hydrogen) atoms. The van der Waals surface area contributed by atoms with Crippen molar-refractivity contribution < 1.29 is 17.6 Å². The summed E-state index contributed by atoms with van der Waals surface area (Å²) in [5.74, 6) is 2.40. The van der Waals surface area contributed by atoms with Crippen LogP contribution in [0.25, 0.3) is 11.5 Å². The highest BCUT2D eigenvalue weighted by molar-refractivity contribution is 7.98. The van der Waals surface area contributed by atoms with E-state index in [2.05, 4.69) is 15.2 Å². The normalized spacial score (nSPS) is 11.8. The Hall–Kier alpha value is -3.07. The van der Waals surface area contributed by atoms with Gasteiger partial charge in [-0.05, 0) is 55.3 Å². The second kappa shape index (κ2) is 8.58. The summed E-state index contributed by atoms with van der Waals surface area (Å²) in [5, 5.41) is 9.12. The molecule has 1 aromatic carbocycles. The summed E-state index contributed by atoms with van der Waals surface area (Å²) in [5.41, 5.74) is 0.799. The molecule has 0 aliphatic carbocycles. The summed E-state index contributed by atoms with van der Waals surface area (Å²) in [6, 6.07) is 13.6. The second-order valence-corrected chi connectivity index (χ2v) is 8.00. The minimum atomic E-state index is -4.38. The molecule has 3 heterocycles. The van der Waals surface area contributed by atoms with Crippen LogP contribution in [0, 0.1) is 13.8 Å². The quantitative estimate of drug-likeness (QED) is 0.346. The van der Waals surface area contributed by atoms with Gasteiger partial charge >= 0.3 is 6.18 Å². The lowest BCUT2D eigenvalue weighted by molar-refractivity contribution is -0.138. The Labute approximate surface area is 181 Å². The van der Waals surface area contributed by atoms with Gasteiger partial charge in [-0.1, -0.05) is 30.0 Å². The zero-order valence-electron chi connectivity index (χ0n) is 16.8. The average Bonchev–Trinajstić information content (AvgIpc) is 3.33. The first-order valence-corrected chi connectivity index (χ1v) is 10.5. The van der Waals surface area contributed by atoms with E-state index in [1.165, 1.54) is 30.8 Å². The van der Waals surface area contributed by atoms with Gasteiger partial charge in [0.1, 0.15) is 17.2 Å². The zero-order valence-corrected chi connectivity index (χ0v) is 17.7. The predicted molar refractivity (Wildman–Crippen MR) is 112 cm³/mol. The number of rotatable bonds is 6. The number of pyridine rings is 1. The largest absolute Gasteiger partial charge is 0.464 e. The molecule has 4 rings (SSSR count). The molecule has 5 nitrogen and oxygen atoms in total. The van der Waals surface area contributed by atoms with E-state index < -0.39 is 11.7 Å². The molecule has 0 radical (unpaired) electrons. The molecule has 0 spiro atoms. The smallest absolute Gasteiger partial charge is 0.416 e. The van der Waals surface area contributed by atoms with Gasteiger partial charge in [-0.3, -0.25) is 9.55 Å². The highest BCUT2D eigenvalue weighted by Gasteiger charge is 2.32. The van der Waals surface area contributed by atoms with Crippen molar-refractivity contribution in [2.45, 2.75) is 37.5 Å². The third kappa shape index (κ3) is 4.82. The summed E-state index contributed by atoms with van der Waals surface area (Å²) in [6.07, 6.45) is -2.71. The molecule has 0 aliphatic heterocycles. The van der Waals surface area contributed by atoms with E-state index in [0.29, 0.717) is 34.5 Å². The van der Waals surface area contributed by atoms with Crippen LogP contribution >= 0.6 is 11.8 Å². The molecule has 0 atom stereocenters. The van der Waals surface area contributed by atoms with Crippen LogP contribution in [0.3, 0.4) is 0 Å². The number of hydrogen-bond donors (Lipinski definition) is 0. The van der Waals surface area contributed by atoms with Gasteiger partial charge in [-0.2, -0.15) is 13.2 Å². The van der Waals surface area contributed by atoms with Crippen molar-refractivity contribution in [1.82, 2.24) is 19.7 Å². The maximum absolute atomic E-state index is 13.2. The zero-order chi connectivity index (χ0) is 22.0. The molecular formula is C22H19F3N4OS. The molecule has 160 valence electrons. The Morgan fingerprint density at radius 3 is 2.55 bits per heavy atom. The highest BCUT2D eigenvalue weighted by Crippen LogP contribution is 2.34. The number of hydrogen-bond acceptors (Lipinski definition) is 5. The maximum Gasteiger partial charge on any atom is 0.416 e. The van der Waals surface area contributed by atoms with Gasteiger partial charge in [0.15, 0.2) is 11.0 Å². The van der Waals surface area contributed by atoms with Crippen LogP contribution in [-0.2, 0) is 18.5 Å². The van der Waals surface area contributed by atoms with E-state index in [9.17, 15) is 13.2 Å². The van der Waals surface area contributed by atoms with Crippen LogP contribution in [0.4, 0.5) is 13.2 Å². The molecule has 0 fully saturated rings. The number of alkyl halides is 3. The monoisotopic (exact) mass is 444 g/mol. The van der Waals surface area contributed by atoms with Crippen molar-refractivity contribution in [2.75, 3.05) is 0 Å². The van der Waals surface area contributed by atoms with Crippen molar-refractivity contribution in [3.8, 4) is 11.5 Å². The number of furan rings is 1. The Morgan fingerprint density at radius 2 is 1.87 bits per heavy atom. The molecule has 0 N–H and O–H groups in total. The van der Waals surface area contributed by atoms with E-state index in [1.807, 2.05) is 41.8 Å². The summed E-state index contributed by atoms with van der Waals surface area (Å²) in [6.45, 7) is 3.71. The lowest BCUT2D eigenvalue weighted by Gasteiger charge is -2.12. The van der Waals surface area contributed by atoms with Gasteiger partial charge in [0, 0.05) is 11.9 Å². The van der Waals surface area contributed by atoms with Gasteiger partial charge < -0.3 is 4.42 Å². The van der Waals surface area contributed by atoms with E-state index >= 15 is 0 Å². The first kappa shape index (κ1) is 21.2. The molecule has 4 aromatic rings. The second-order valence-electron chi connectivity index (χ2n) is 7.06. The van der Waals surface area contributed by atoms with Crippen molar-refractivity contribution in [3.05, 3.63) is 82.9 Å². The van der Waals surface area contributed by atoms with Gasteiger partial charge in [0.25, 0.3) is 0 Å². The standard InChI is InChI=1S/C22H19F3N4OS/c1-14-6-8-16(11-18(14)22(23,24)25)13-31-21-28-27-20(19-5-3-4-10-26-19)29(21)12-17-9-7-15(2)30-17/h3-11H,12-13H2,1-2H3. The number of thioether (sulfide) groups is 1. The van der Waals surface area contributed by atoms with Crippen molar-refractivity contribution in [3.63, 3.8) is 0 Å². The fraction of sp³-hybridized carbons (Fsp3) is 0.227. The predicted octanol–water partition coefficient (Wildman–Crippen LogP) is 5.91. The average molecular weight is 444 g/mol. The van der Waals surface area contributed by atoms with Crippen LogP contribution in [-0.4, -0.2) is 19.7 Å². The lowest BCUT2D eigenvalue weighted by atomic mass is 10.1. The van der Waals surface area contributed by atoms with Gasteiger partial charge in [-0.25, -0.2) is 0 Å². The highest BCUT2D eigenvalue weighted by atomic mass is 32.2. The van der Waals surface area contributed by atoms with Gasteiger partial charge in [-0.15, -0.1) is 10.2 Å². The third-order valence-electron chi connectivity index (χ3n) is 4.70. The molecule has 0 unspecified atom stereocenters. The SMILES string of the molecule is Cc1ccc(Cn2c(SCc3ccc(C)c(C(F)(F)F)c3)nnc2-c2ccccn2)o1. The number of nitrogens with zero attached hydrogens (tertiary/aromatic N) is 4. The molecule has 9 heteroatoms. The van der Waals surface area contributed by atoms with Crippen molar-refractivity contribution in [2.24, 2.45) is 0 Å². The minimum Gasteiger partial charge on any atom is -0.464 e. The van der Waals surface area contributed by atoms with E-state index in [-0.39, 0.29) is 5.56 Å². The molecule has 0 amide bonds. The number of aryl methyl sites for hydroxylation is 2. The van der Waals surface area contributed by atoms with Crippen LogP contribution in [0.2, 0.25) is 0 Å². The van der Waals surface area contributed by atoms with Gasteiger partial charge in [0.05, 0.1) is 12.1 Å². The Bertz CT molecular complexity index is 1190. The van der Waals surface area contributed by atoms with E-state index in [4.69, 9.17) is 4.42 Å². The Kier molecular flexibility index (Phi) is 5.86. The first-order valence-electron chi connectivity index (χ1n) is 9.50. The van der Waals surface area contributed by atoms with Crippen LogP contribution < -0.4 is 0 Å². The third-order valence-corrected chi connectivity index (χ3v) is 5.73. The number of halogens is 3. The van der Waals surface area contributed by atoms with Crippen LogP contribution in [0.1, 0.15) is 28.2 Å². The summed E-state index contributed by atoms with van der Waals surface area (Å²) >= 11 is 1.32.